The number of nitrogens with zero attached hydrogens (tertiary/aromatic N) is 2. The van der Waals surface area contributed by atoms with Gasteiger partial charge in [0.25, 0.3) is 0 Å². The minimum Gasteiger partial charge on any atom is -0.395 e. The fourth-order valence-electron chi connectivity index (χ4n) is 2.01. The Morgan fingerprint density at radius 1 is 1.36 bits per heavy atom. The first kappa shape index (κ1) is 11.3. The van der Waals surface area contributed by atoms with Crippen LogP contribution in [0.15, 0.2) is 0 Å². The van der Waals surface area contributed by atoms with Gasteiger partial charge in [0.1, 0.15) is 0 Å². The van der Waals surface area contributed by atoms with Crippen molar-refractivity contribution in [2.45, 2.75) is 31.7 Å². The molecular formula is C10H20N2O2. The number of rotatable bonds is 3. The Bertz CT molecular complexity index is 189. The van der Waals surface area contributed by atoms with Crippen molar-refractivity contribution in [3.8, 4) is 0 Å². The molecule has 4 nitrogen and oxygen atoms in total. The predicted molar refractivity (Wildman–Crippen MR) is 55.1 cm³/mol. The van der Waals surface area contributed by atoms with Gasteiger partial charge in [-0.05, 0) is 12.8 Å². The molecule has 1 N–H and O–H groups in total. The van der Waals surface area contributed by atoms with Crippen LogP contribution < -0.4 is 0 Å². The highest BCUT2D eigenvalue weighted by Gasteiger charge is 2.26. The highest BCUT2D eigenvalue weighted by Crippen LogP contribution is 2.23. The van der Waals surface area contributed by atoms with Crippen LogP contribution >= 0.6 is 0 Å². The van der Waals surface area contributed by atoms with E-state index in [1.165, 1.54) is 12.8 Å². The Hall–Kier alpha value is -0.770. The first-order valence-corrected chi connectivity index (χ1v) is 5.25. The normalized spacial score (nSPS) is 17.1. The van der Waals surface area contributed by atoms with Gasteiger partial charge in [-0.15, -0.1) is 0 Å². The van der Waals surface area contributed by atoms with E-state index < -0.39 is 0 Å². The lowest BCUT2D eigenvalue weighted by molar-refractivity contribution is 0.132. The fraction of sp³-hybridized carbons (Fsp3) is 0.900. The van der Waals surface area contributed by atoms with Crippen molar-refractivity contribution in [3.63, 3.8) is 0 Å². The number of carbonyl (C=O) groups excluding carboxylic acids is 1. The zero-order valence-electron chi connectivity index (χ0n) is 9.07. The second-order valence-corrected chi connectivity index (χ2v) is 4.03. The van der Waals surface area contributed by atoms with E-state index in [0.717, 1.165) is 12.8 Å². The zero-order valence-corrected chi connectivity index (χ0v) is 9.07. The number of aliphatic hydroxyl groups excluding tert-OH is 1. The molecule has 82 valence electrons. The van der Waals surface area contributed by atoms with Crippen LogP contribution in [0.1, 0.15) is 25.7 Å². The van der Waals surface area contributed by atoms with Gasteiger partial charge in [0, 0.05) is 26.7 Å². The molecule has 0 bridgehead atoms. The third kappa shape index (κ3) is 2.61. The number of hydrogen-bond acceptors (Lipinski definition) is 2. The van der Waals surface area contributed by atoms with E-state index in [1.807, 2.05) is 0 Å². The maximum Gasteiger partial charge on any atom is 0.319 e. The minimum absolute atomic E-state index is 0.0194. The molecule has 0 spiro atoms. The molecule has 0 aromatic carbocycles. The van der Waals surface area contributed by atoms with Crippen molar-refractivity contribution in [1.29, 1.82) is 0 Å². The summed E-state index contributed by atoms with van der Waals surface area (Å²) in [4.78, 5) is 15.1. The summed E-state index contributed by atoms with van der Waals surface area (Å²) in [5.74, 6) is 0. The fourth-order valence-corrected chi connectivity index (χ4v) is 2.01. The molecule has 2 amide bonds. The summed E-state index contributed by atoms with van der Waals surface area (Å²) in [6.07, 6.45) is 4.57. The van der Waals surface area contributed by atoms with E-state index in [1.54, 1.807) is 23.9 Å². The van der Waals surface area contributed by atoms with Crippen molar-refractivity contribution in [2.75, 3.05) is 27.2 Å². The van der Waals surface area contributed by atoms with Gasteiger partial charge in [-0.25, -0.2) is 4.79 Å². The van der Waals surface area contributed by atoms with E-state index in [4.69, 9.17) is 5.11 Å². The van der Waals surface area contributed by atoms with E-state index >= 15 is 0 Å². The second-order valence-electron chi connectivity index (χ2n) is 4.03. The van der Waals surface area contributed by atoms with Gasteiger partial charge in [-0.1, -0.05) is 12.8 Å². The lowest BCUT2D eigenvalue weighted by Gasteiger charge is -2.30. The first-order chi connectivity index (χ1) is 6.66. The molecule has 0 radical (unpaired) electrons. The number of hydrogen-bond donors (Lipinski definition) is 1. The van der Waals surface area contributed by atoms with E-state index in [-0.39, 0.29) is 12.6 Å². The van der Waals surface area contributed by atoms with Gasteiger partial charge in [-0.3, -0.25) is 0 Å². The van der Waals surface area contributed by atoms with E-state index in [0.29, 0.717) is 12.6 Å². The third-order valence-corrected chi connectivity index (χ3v) is 2.73. The largest absolute Gasteiger partial charge is 0.395 e. The summed E-state index contributed by atoms with van der Waals surface area (Å²) < 4.78 is 0. The third-order valence-electron chi connectivity index (χ3n) is 2.73. The van der Waals surface area contributed by atoms with Crippen LogP contribution in [-0.4, -0.2) is 54.2 Å². The summed E-state index contributed by atoms with van der Waals surface area (Å²) in [7, 11) is 3.50. The Balaban J connectivity index is 2.57. The molecule has 0 heterocycles. The van der Waals surface area contributed by atoms with Crippen LogP contribution in [0.3, 0.4) is 0 Å². The van der Waals surface area contributed by atoms with Crippen molar-refractivity contribution in [2.24, 2.45) is 0 Å². The molecule has 1 aliphatic carbocycles. The van der Waals surface area contributed by atoms with Crippen LogP contribution in [0.5, 0.6) is 0 Å². The van der Waals surface area contributed by atoms with Gasteiger partial charge in [0.05, 0.1) is 6.61 Å². The highest BCUT2D eigenvalue weighted by atomic mass is 16.3. The summed E-state index contributed by atoms with van der Waals surface area (Å²) >= 11 is 0. The monoisotopic (exact) mass is 200 g/mol. The predicted octanol–water partition coefficient (Wildman–Crippen LogP) is 0.905. The molecule has 0 aliphatic heterocycles. The Morgan fingerprint density at radius 2 is 1.93 bits per heavy atom. The molecule has 0 atom stereocenters. The summed E-state index contributed by atoms with van der Waals surface area (Å²) in [6.45, 7) is 0.512. The highest BCUT2D eigenvalue weighted by molar-refractivity contribution is 5.74. The maximum atomic E-state index is 11.8. The summed E-state index contributed by atoms with van der Waals surface area (Å²) in [5.41, 5.74) is 0. The first-order valence-electron chi connectivity index (χ1n) is 5.25. The van der Waals surface area contributed by atoms with Crippen LogP contribution in [0.2, 0.25) is 0 Å². The number of urea groups is 1. The average molecular weight is 200 g/mol. The molecular weight excluding hydrogens is 180 g/mol. The smallest absolute Gasteiger partial charge is 0.319 e. The molecule has 0 aromatic rings. The molecule has 1 saturated carbocycles. The molecule has 1 fully saturated rings. The summed E-state index contributed by atoms with van der Waals surface area (Å²) in [5, 5.41) is 8.92. The van der Waals surface area contributed by atoms with Gasteiger partial charge in [0.15, 0.2) is 0 Å². The topological polar surface area (TPSA) is 43.8 Å². The van der Waals surface area contributed by atoms with Gasteiger partial charge in [-0.2, -0.15) is 0 Å². The Morgan fingerprint density at radius 3 is 2.36 bits per heavy atom. The second kappa shape index (κ2) is 5.20. The Kier molecular flexibility index (Phi) is 4.20. The number of amides is 2. The lowest BCUT2D eigenvalue weighted by Crippen LogP contribution is -2.45. The maximum absolute atomic E-state index is 11.8. The van der Waals surface area contributed by atoms with Crippen molar-refractivity contribution in [3.05, 3.63) is 0 Å². The molecule has 4 heteroatoms. The molecule has 0 unspecified atom stereocenters. The van der Waals surface area contributed by atoms with Crippen LogP contribution in [-0.2, 0) is 0 Å². The van der Waals surface area contributed by atoms with Crippen molar-refractivity contribution < 1.29 is 9.90 Å². The van der Waals surface area contributed by atoms with Gasteiger partial charge in [0.2, 0.25) is 0 Å². The molecule has 1 rings (SSSR count). The molecule has 0 aromatic heterocycles. The number of aliphatic hydroxyl groups is 1. The quantitative estimate of drug-likeness (QED) is 0.735. The molecule has 14 heavy (non-hydrogen) atoms. The SMILES string of the molecule is CN(C)C(=O)N(CCO)C1CCCC1. The van der Waals surface area contributed by atoms with E-state index in [9.17, 15) is 4.79 Å². The van der Waals surface area contributed by atoms with Crippen LogP contribution in [0, 0.1) is 0 Å². The van der Waals surface area contributed by atoms with Gasteiger partial charge >= 0.3 is 6.03 Å². The van der Waals surface area contributed by atoms with Crippen molar-refractivity contribution >= 4 is 6.03 Å². The van der Waals surface area contributed by atoms with Crippen LogP contribution in [0.4, 0.5) is 4.79 Å². The molecule has 1 aliphatic rings. The Labute approximate surface area is 85.5 Å². The lowest BCUT2D eigenvalue weighted by atomic mass is 10.2. The zero-order chi connectivity index (χ0) is 10.6. The average Bonchev–Trinajstić information content (AvgIpc) is 2.65. The number of carbonyl (C=O) groups is 1. The van der Waals surface area contributed by atoms with E-state index in [2.05, 4.69) is 0 Å². The minimum atomic E-state index is 0.0194. The molecule has 0 saturated heterocycles. The van der Waals surface area contributed by atoms with Gasteiger partial charge < -0.3 is 14.9 Å². The van der Waals surface area contributed by atoms with Crippen LogP contribution in [0.25, 0.3) is 0 Å². The standard InChI is InChI=1S/C10H20N2O2/c1-11(2)10(14)12(7-8-13)9-5-3-4-6-9/h9,13H,3-8H2,1-2H3. The van der Waals surface area contributed by atoms with Crippen molar-refractivity contribution in [1.82, 2.24) is 9.80 Å². The summed E-state index contributed by atoms with van der Waals surface area (Å²) in [6, 6.07) is 0.364.